The second kappa shape index (κ2) is 6.48. The zero-order valence-electron chi connectivity index (χ0n) is 12.6. The Morgan fingerprint density at radius 3 is 2.74 bits per heavy atom. The minimum atomic E-state index is -0.0676. The fourth-order valence-electron chi connectivity index (χ4n) is 2.08. The number of nitrogens with one attached hydrogen (secondary N) is 1. The molecule has 3 rings (SSSR count). The van der Waals surface area contributed by atoms with Crippen LogP contribution in [-0.2, 0) is 4.79 Å². The molecule has 3 aromatic rings. The average molecular weight is 365 g/mol. The highest BCUT2D eigenvalue weighted by molar-refractivity contribution is 7.21. The summed E-state index contributed by atoms with van der Waals surface area (Å²) in [5, 5.41) is 4.70. The van der Waals surface area contributed by atoms with Gasteiger partial charge in [-0.1, -0.05) is 49.2 Å². The predicted molar refractivity (Wildman–Crippen MR) is 98.5 cm³/mol. The van der Waals surface area contributed by atoms with Gasteiger partial charge in [-0.15, -0.1) is 11.3 Å². The van der Waals surface area contributed by atoms with E-state index in [2.05, 4.69) is 10.3 Å². The first-order chi connectivity index (χ1) is 11.0. The molecular weight excluding hydrogens is 351 g/mol. The average Bonchev–Trinajstić information content (AvgIpc) is 2.92. The van der Waals surface area contributed by atoms with Gasteiger partial charge >= 0.3 is 0 Å². The van der Waals surface area contributed by atoms with Gasteiger partial charge < -0.3 is 5.32 Å². The van der Waals surface area contributed by atoms with Crippen molar-refractivity contribution >= 4 is 56.3 Å². The maximum Gasteiger partial charge on any atom is 0.226 e. The molecule has 2 aromatic carbocycles. The van der Waals surface area contributed by atoms with Crippen LogP contribution in [0.4, 0.5) is 5.69 Å². The van der Waals surface area contributed by atoms with Crippen molar-refractivity contribution in [3.63, 3.8) is 0 Å². The molecule has 0 saturated heterocycles. The van der Waals surface area contributed by atoms with E-state index in [1.807, 2.05) is 44.2 Å². The number of hydrogen-bond donors (Lipinski definition) is 1. The lowest BCUT2D eigenvalue weighted by Crippen LogP contribution is -2.17. The van der Waals surface area contributed by atoms with Gasteiger partial charge in [0, 0.05) is 17.2 Å². The fourth-order valence-corrected chi connectivity index (χ4v) is 3.50. The molecule has 0 aliphatic carbocycles. The molecule has 0 fully saturated rings. The van der Waals surface area contributed by atoms with Crippen molar-refractivity contribution in [2.75, 3.05) is 5.32 Å². The summed E-state index contributed by atoms with van der Waals surface area (Å²) in [6, 6.07) is 11.2. The molecule has 0 saturated carbocycles. The van der Waals surface area contributed by atoms with E-state index in [0.717, 1.165) is 26.5 Å². The molecule has 0 bridgehead atoms. The standard InChI is InChI=1S/C17H14Cl2N2OS/c1-9(2)16(22)20-10-6-7-14-13(8-10)21-17(23-14)11-4-3-5-12(18)15(11)19/h3-9H,1-2H3,(H,20,22). The predicted octanol–water partition coefficient (Wildman–Crippen LogP) is 5.86. The topological polar surface area (TPSA) is 42.0 Å². The number of carbonyl (C=O) groups excluding carboxylic acids is 1. The van der Waals surface area contributed by atoms with Crippen molar-refractivity contribution in [3.05, 3.63) is 46.4 Å². The zero-order chi connectivity index (χ0) is 16.6. The van der Waals surface area contributed by atoms with Crippen LogP contribution in [0.3, 0.4) is 0 Å². The van der Waals surface area contributed by atoms with Crippen LogP contribution in [0.2, 0.25) is 10.0 Å². The van der Waals surface area contributed by atoms with Gasteiger partial charge in [0.1, 0.15) is 5.01 Å². The van der Waals surface area contributed by atoms with E-state index in [1.54, 1.807) is 17.4 Å². The summed E-state index contributed by atoms with van der Waals surface area (Å²) < 4.78 is 1.03. The van der Waals surface area contributed by atoms with E-state index in [9.17, 15) is 4.79 Å². The van der Waals surface area contributed by atoms with Crippen LogP contribution in [0.25, 0.3) is 20.8 Å². The Bertz CT molecular complexity index is 889. The van der Waals surface area contributed by atoms with Crippen LogP contribution in [0.5, 0.6) is 0 Å². The Labute approximate surface area is 148 Å². The molecule has 6 heteroatoms. The normalized spacial score (nSPS) is 11.2. The summed E-state index contributed by atoms with van der Waals surface area (Å²) in [7, 11) is 0. The summed E-state index contributed by atoms with van der Waals surface area (Å²) in [6.45, 7) is 3.71. The summed E-state index contributed by atoms with van der Waals surface area (Å²) in [5.74, 6) is -0.0837. The highest BCUT2D eigenvalue weighted by Crippen LogP contribution is 2.38. The van der Waals surface area contributed by atoms with Gasteiger partial charge in [-0.25, -0.2) is 4.98 Å². The van der Waals surface area contributed by atoms with E-state index in [1.165, 1.54) is 0 Å². The number of halogens is 2. The molecule has 0 unspecified atom stereocenters. The Morgan fingerprint density at radius 2 is 2.00 bits per heavy atom. The van der Waals surface area contributed by atoms with Crippen molar-refractivity contribution in [1.29, 1.82) is 0 Å². The molecule has 1 amide bonds. The second-order valence-electron chi connectivity index (χ2n) is 5.45. The van der Waals surface area contributed by atoms with Crippen molar-refractivity contribution in [1.82, 2.24) is 4.98 Å². The third-order valence-corrected chi connectivity index (χ3v) is 5.25. The number of amides is 1. The maximum atomic E-state index is 11.8. The molecule has 118 valence electrons. The van der Waals surface area contributed by atoms with E-state index >= 15 is 0 Å². The largest absolute Gasteiger partial charge is 0.326 e. The molecule has 0 radical (unpaired) electrons. The first-order valence-corrected chi connectivity index (χ1v) is 8.69. The van der Waals surface area contributed by atoms with Crippen molar-refractivity contribution in [2.45, 2.75) is 13.8 Å². The van der Waals surface area contributed by atoms with Gasteiger partial charge in [0.25, 0.3) is 0 Å². The Balaban J connectivity index is 1.99. The smallest absolute Gasteiger partial charge is 0.226 e. The SMILES string of the molecule is CC(C)C(=O)Nc1ccc2sc(-c3cccc(Cl)c3Cl)nc2c1. The van der Waals surface area contributed by atoms with E-state index < -0.39 is 0 Å². The maximum absolute atomic E-state index is 11.8. The van der Waals surface area contributed by atoms with Gasteiger partial charge in [-0.05, 0) is 24.3 Å². The lowest BCUT2D eigenvalue weighted by Gasteiger charge is -2.06. The first-order valence-electron chi connectivity index (χ1n) is 7.11. The van der Waals surface area contributed by atoms with Gasteiger partial charge in [-0.2, -0.15) is 0 Å². The van der Waals surface area contributed by atoms with E-state index in [-0.39, 0.29) is 11.8 Å². The lowest BCUT2D eigenvalue weighted by molar-refractivity contribution is -0.118. The van der Waals surface area contributed by atoms with Crippen LogP contribution in [-0.4, -0.2) is 10.9 Å². The van der Waals surface area contributed by atoms with Crippen LogP contribution in [0.15, 0.2) is 36.4 Å². The Kier molecular flexibility index (Phi) is 4.57. The molecule has 1 N–H and O–H groups in total. The van der Waals surface area contributed by atoms with Crippen LogP contribution >= 0.6 is 34.5 Å². The number of benzene rings is 2. The molecule has 0 aliphatic rings. The van der Waals surface area contributed by atoms with Gasteiger partial charge in [0.05, 0.1) is 20.3 Å². The van der Waals surface area contributed by atoms with Crippen molar-refractivity contribution in [2.24, 2.45) is 5.92 Å². The highest BCUT2D eigenvalue weighted by Gasteiger charge is 2.13. The lowest BCUT2D eigenvalue weighted by atomic mass is 10.2. The zero-order valence-corrected chi connectivity index (χ0v) is 14.9. The number of carbonyl (C=O) groups is 1. The molecule has 1 heterocycles. The molecule has 0 atom stereocenters. The van der Waals surface area contributed by atoms with Crippen LogP contribution < -0.4 is 5.32 Å². The number of fused-ring (bicyclic) bond motifs is 1. The van der Waals surface area contributed by atoms with Crippen LogP contribution in [0, 0.1) is 5.92 Å². The molecule has 0 spiro atoms. The van der Waals surface area contributed by atoms with E-state index in [0.29, 0.717) is 10.0 Å². The number of thiazole rings is 1. The van der Waals surface area contributed by atoms with E-state index in [4.69, 9.17) is 23.2 Å². The molecule has 23 heavy (non-hydrogen) atoms. The highest BCUT2D eigenvalue weighted by atomic mass is 35.5. The summed E-state index contributed by atoms with van der Waals surface area (Å²) >= 11 is 13.9. The fraction of sp³-hybridized carbons (Fsp3) is 0.176. The van der Waals surface area contributed by atoms with Gasteiger partial charge in [0.2, 0.25) is 5.91 Å². The number of aromatic nitrogens is 1. The quantitative estimate of drug-likeness (QED) is 0.631. The minimum Gasteiger partial charge on any atom is -0.326 e. The van der Waals surface area contributed by atoms with Crippen LogP contribution in [0.1, 0.15) is 13.8 Å². The Morgan fingerprint density at radius 1 is 1.22 bits per heavy atom. The molecule has 1 aromatic heterocycles. The van der Waals surface area contributed by atoms with Crippen molar-refractivity contribution in [3.8, 4) is 10.6 Å². The molecule has 0 aliphatic heterocycles. The van der Waals surface area contributed by atoms with Crippen molar-refractivity contribution < 1.29 is 4.79 Å². The summed E-state index contributed by atoms with van der Waals surface area (Å²) in [6.07, 6.45) is 0. The molecule has 3 nitrogen and oxygen atoms in total. The monoisotopic (exact) mass is 364 g/mol. The number of hydrogen-bond acceptors (Lipinski definition) is 3. The third kappa shape index (κ3) is 3.34. The second-order valence-corrected chi connectivity index (χ2v) is 7.26. The number of anilines is 1. The number of nitrogens with zero attached hydrogens (tertiary/aromatic N) is 1. The van der Waals surface area contributed by atoms with Gasteiger partial charge in [0.15, 0.2) is 0 Å². The summed E-state index contributed by atoms with van der Waals surface area (Å²) in [5.41, 5.74) is 2.38. The Hall–Kier alpha value is -1.62. The number of rotatable bonds is 3. The molecular formula is C17H14Cl2N2OS. The first kappa shape index (κ1) is 16.2. The minimum absolute atomic E-state index is 0.0160. The van der Waals surface area contributed by atoms with Gasteiger partial charge in [-0.3, -0.25) is 4.79 Å². The third-order valence-electron chi connectivity index (χ3n) is 3.36. The summed E-state index contributed by atoms with van der Waals surface area (Å²) in [4.78, 5) is 16.4.